The second-order valence-corrected chi connectivity index (χ2v) is 4.31. The lowest BCUT2D eigenvalue weighted by Crippen LogP contribution is -2.01. The minimum atomic E-state index is -1.03. The van der Waals surface area contributed by atoms with E-state index in [1.807, 2.05) is 6.92 Å². The Morgan fingerprint density at radius 2 is 2.15 bits per heavy atom. The van der Waals surface area contributed by atoms with E-state index < -0.39 is 5.97 Å². The van der Waals surface area contributed by atoms with Crippen molar-refractivity contribution in [3.8, 4) is 11.6 Å². The highest BCUT2D eigenvalue weighted by atomic mass is 16.5. The second kappa shape index (κ2) is 4.65. The molecule has 1 aromatic carbocycles. The van der Waals surface area contributed by atoms with E-state index in [9.17, 15) is 9.90 Å². The van der Waals surface area contributed by atoms with Crippen molar-refractivity contribution in [2.24, 2.45) is 0 Å². The van der Waals surface area contributed by atoms with Crippen molar-refractivity contribution >= 4 is 11.6 Å². The van der Waals surface area contributed by atoms with Crippen LogP contribution >= 0.6 is 0 Å². The van der Waals surface area contributed by atoms with E-state index in [0.29, 0.717) is 11.5 Å². The lowest BCUT2D eigenvalue weighted by atomic mass is 10.1. The van der Waals surface area contributed by atoms with E-state index in [2.05, 4.69) is 10.1 Å². The summed E-state index contributed by atoms with van der Waals surface area (Å²) in [6, 6.07) is 8.35. The molecule has 3 aromatic rings. The van der Waals surface area contributed by atoms with Gasteiger partial charge in [-0.2, -0.15) is 10.1 Å². The summed E-state index contributed by atoms with van der Waals surface area (Å²) in [5, 5.41) is 13.2. The number of benzene rings is 1. The number of hydrogen-bond donors (Lipinski definition) is 1. The van der Waals surface area contributed by atoms with Crippen molar-refractivity contribution in [1.29, 1.82) is 0 Å². The third-order valence-corrected chi connectivity index (χ3v) is 2.81. The second-order valence-electron chi connectivity index (χ2n) is 4.31. The number of fused-ring (bicyclic) bond motifs is 1. The lowest BCUT2D eigenvalue weighted by Gasteiger charge is -2.08. The van der Waals surface area contributed by atoms with E-state index in [-0.39, 0.29) is 11.3 Å². The van der Waals surface area contributed by atoms with Gasteiger partial charge in [-0.15, -0.1) is 0 Å². The van der Waals surface area contributed by atoms with Gasteiger partial charge < -0.3 is 9.84 Å². The van der Waals surface area contributed by atoms with E-state index in [1.165, 1.54) is 0 Å². The van der Waals surface area contributed by atoms with Crippen molar-refractivity contribution < 1.29 is 14.6 Å². The Hall–Kier alpha value is -2.89. The number of nitrogens with zero attached hydrogens (tertiary/aromatic N) is 3. The Balaban J connectivity index is 1.99. The van der Waals surface area contributed by atoms with Gasteiger partial charge in [-0.1, -0.05) is 11.6 Å². The van der Waals surface area contributed by atoms with Gasteiger partial charge in [0.2, 0.25) is 5.88 Å². The molecule has 0 saturated heterocycles. The van der Waals surface area contributed by atoms with Gasteiger partial charge in [0.05, 0.1) is 6.20 Å². The molecule has 0 atom stereocenters. The van der Waals surface area contributed by atoms with Crippen LogP contribution in [0.15, 0.2) is 42.7 Å². The standard InChI is InChI=1S/C14H11N3O3/c1-9-2-3-11(10(8-9)14(18)19)20-13-5-7-17-12(16-13)4-6-15-17/h2-8H,1H3,(H,18,19). The molecule has 0 amide bonds. The predicted octanol–water partition coefficient (Wildman–Crippen LogP) is 2.53. The zero-order chi connectivity index (χ0) is 14.1. The Bertz CT molecular complexity index is 795. The van der Waals surface area contributed by atoms with Crippen molar-refractivity contribution in [2.45, 2.75) is 6.92 Å². The first-order valence-electron chi connectivity index (χ1n) is 5.96. The van der Waals surface area contributed by atoms with Gasteiger partial charge in [0, 0.05) is 18.3 Å². The molecule has 2 aromatic heterocycles. The highest BCUT2D eigenvalue weighted by Crippen LogP contribution is 2.25. The van der Waals surface area contributed by atoms with Crippen molar-refractivity contribution in [1.82, 2.24) is 14.6 Å². The van der Waals surface area contributed by atoms with Gasteiger partial charge in [0.15, 0.2) is 5.65 Å². The van der Waals surface area contributed by atoms with Crippen LogP contribution in [0, 0.1) is 6.92 Å². The van der Waals surface area contributed by atoms with Gasteiger partial charge in [-0.25, -0.2) is 9.31 Å². The molecule has 1 N–H and O–H groups in total. The molecule has 0 aliphatic rings. The maximum absolute atomic E-state index is 11.2. The smallest absolute Gasteiger partial charge is 0.339 e. The fourth-order valence-corrected chi connectivity index (χ4v) is 1.86. The summed E-state index contributed by atoms with van der Waals surface area (Å²) in [5.74, 6) is -0.446. The fraction of sp³-hybridized carbons (Fsp3) is 0.0714. The average Bonchev–Trinajstić information content (AvgIpc) is 2.88. The molecule has 2 heterocycles. The quantitative estimate of drug-likeness (QED) is 0.790. The van der Waals surface area contributed by atoms with Crippen LogP contribution in [-0.2, 0) is 0 Å². The normalized spacial score (nSPS) is 10.7. The number of carboxylic acid groups (broad SMARTS) is 1. The first kappa shape index (κ1) is 12.2. The summed E-state index contributed by atoms with van der Waals surface area (Å²) >= 11 is 0. The van der Waals surface area contributed by atoms with Crippen molar-refractivity contribution in [3.05, 3.63) is 53.9 Å². The summed E-state index contributed by atoms with van der Waals surface area (Å²) in [4.78, 5) is 15.5. The Morgan fingerprint density at radius 1 is 1.30 bits per heavy atom. The van der Waals surface area contributed by atoms with Gasteiger partial charge in [-0.05, 0) is 19.1 Å². The van der Waals surface area contributed by atoms with E-state index in [1.54, 1.807) is 47.2 Å². The van der Waals surface area contributed by atoms with E-state index in [4.69, 9.17) is 4.74 Å². The molecule has 0 fully saturated rings. The molecule has 0 aliphatic carbocycles. The summed E-state index contributed by atoms with van der Waals surface area (Å²) in [6.07, 6.45) is 3.33. The minimum Gasteiger partial charge on any atom is -0.478 e. The van der Waals surface area contributed by atoms with E-state index >= 15 is 0 Å². The first-order valence-corrected chi connectivity index (χ1v) is 5.96. The monoisotopic (exact) mass is 269 g/mol. The van der Waals surface area contributed by atoms with Crippen LogP contribution in [0.4, 0.5) is 0 Å². The van der Waals surface area contributed by atoms with Gasteiger partial charge >= 0.3 is 5.97 Å². The van der Waals surface area contributed by atoms with Crippen LogP contribution < -0.4 is 4.74 Å². The summed E-state index contributed by atoms with van der Waals surface area (Å²) in [5.41, 5.74) is 1.60. The SMILES string of the molecule is Cc1ccc(Oc2ccn3nccc3n2)c(C(=O)O)c1. The highest BCUT2D eigenvalue weighted by molar-refractivity contribution is 5.91. The van der Waals surface area contributed by atoms with Crippen molar-refractivity contribution in [3.63, 3.8) is 0 Å². The third-order valence-electron chi connectivity index (χ3n) is 2.81. The average molecular weight is 269 g/mol. The van der Waals surface area contributed by atoms with Crippen LogP contribution in [0.5, 0.6) is 11.6 Å². The largest absolute Gasteiger partial charge is 0.478 e. The predicted molar refractivity (Wildman–Crippen MR) is 71.2 cm³/mol. The molecule has 20 heavy (non-hydrogen) atoms. The zero-order valence-corrected chi connectivity index (χ0v) is 10.6. The summed E-state index contributed by atoms with van der Waals surface area (Å²) in [7, 11) is 0. The molecule has 0 bridgehead atoms. The van der Waals surface area contributed by atoms with Crippen LogP contribution in [0.3, 0.4) is 0 Å². The van der Waals surface area contributed by atoms with Gasteiger partial charge in [0.1, 0.15) is 11.3 Å². The summed E-state index contributed by atoms with van der Waals surface area (Å²) < 4.78 is 7.17. The van der Waals surface area contributed by atoms with Crippen LogP contribution in [0.2, 0.25) is 0 Å². The number of aromatic carboxylic acids is 1. The number of rotatable bonds is 3. The zero-order valence-electron chi connectivity index (χ0n) is 10.6. The molecule has 0 spiro atoms. The van der Waals surface area contributed by atoms with Gasteiger partial charge in [-0.3, -0.25) is 0 Å². The third kappa shape index (κ3) is 2.18. The maximum atomic E-state index is 11.2. The number of hydrogen-bond acceptors (Lipinski definition) is 4. The molecule has 0 unspecified atom stereocenters. The van der Waals surface area contributed by atoms with E-state index in [0.717, 1.165) is 5.56 Å². The Morgan fingerprint density at radius 3 is 2.95 bits per heavy atom. The lowest BCUT2D eigenvalue weighted by molar-refractivity contribution is 0.0694. The Labute approximate surface area is 114 Å². The number of carboxylic acids is 1. The van der Waals surface area contributed by atoms with Crippen LogP contribution in [0.1, 0.15) is 15.9 Å². The molecule has 100 valence electrons. The van der Waals surface area contributed by atoms with Gasteiger partial charge in [0.25, 0.3) is 0 Å². The molecule has 0 saturated carbocycles. The van der Waals surface area contributed by atoms with Crippen molar-refractivity contribution in [2.75, 3.05) is 0 Å². The maximum Gasteiger partial charge on any atom is 0.339 e. The molecule has 0 aliphatic heterocycles. The first-order chi connectivity index (χ1) is 9.63. The highest BCUT2D eigenvalue weighted by Gasteiger charge is 2.13. The number of carbonyl (C=O) groups is 1. The minimum absolute atomic E-state index is 0.111. The molecule has 0 radical (unpaired) electrons. The number of aromatic nitrogens is 3. The topological polar surface area (TPSA) is 76.7 Å². The molecule has 6 heteroatoms. The number of aryl methyl sites for hydroxylation is 1. The molecule has 6 nitrogen and oxygen atoms in total. The number of ether oxygens (including phenoxy) is 1. The Kier molecular flexibility index (Phi) is 2.83. The molecular formula is C14H11N3O3. The fourth-order valence-electron chi connectivity index (χ4n) is 1.86. The van der Waals surface area contributed by atoms with Crippen LogP contribution in [-0.4, -0.2) is 25.7 Å². The molecule has 3 rings (SSSR count). The van der Waals surface area contributed by atoms with Crippen LogP contribution in [0.25, 0.3) is 5.65 Å². The summed E-state index contributed by atoms with van der Waals surface area (Å²) in [6.45, 7) is 1.83. The molecular weight excluding hydrogens is 258 g/mol.